The van der Waals surface area contributed by atoms with Gasteiger partial charge in [0.05, 0.1) is 0 Å². The standard InChI is InChI=1S/C11H24N2O/c1-7(10(3,4)12)9(8(2)14)11(5,6)13/h7,9H,12-13H2,1-6H3. The Bertz CT molecular complexity index is 210. The maximum absolute atomic E-state index is 11.5. The lowest BCUT2D eigenvalue weighted by atomic mass is 9.70. The van der Waals surface area contributed by atoms with E-state index in [0.717, 1.165) is 0 Å². The number of Topliss-reactive ketones (excluding diaryl/α,β-unsaturated/α-hetero) is 1. The van der Waals surface area contributed by atoms with Crippen molar-refractivity contribution in [3.05, 3.63) is 0 Å². The van der Waals surface area contributed by atoms with E-state index in [-0.39, 0.29) is 23.2 Å². The van der Waals surface area contributed by atoms with Crippen LogP contribution in [0.25, 0.3) is 0 Å². The Morgan fingerprint density at radius 1 is 1.07 bits per heavy atom. The van der Waals surface area contributed by atoms with Crippen molar-refractivity contribution in [1.82, 2.24) is 0 Å². The predicted octanol–water partition coefficient (Wildman–Crippen LogP) is 1.30. The maximum Gasteiger partial charge on any atom is 0.135 e. The second-order valence-electron chi connectivity index (χ2n) is 5.52. The Morgan fingerprint density at radius 3 is 1.50 bits per heavy atom. The van der Waals surface area contributed by atoms with Gasteiger partial charge in [0.15, 0.2) is 0 Å². The number of ketones is 1. The molecule has 0 rings (SSSR count). The summed E-state index contributed by atoms with van der Waals surface area (Å²) in [5, 5.41) is 0. The summed E-state index contributed by atoms with van der Waals surface area (Å²) in [5.74, 6) is -0.00831. The number of hydrogen-bond acceptors (Lipinski definition) is 3. The Hall–Kier alpha value is -0.410. The van der Waals surface area contributed by atoms with E-state index in [1.807, 2.05) is 34.6 Å². The summed E-state index contributed by atoms with van der Waals surface area (Å²) in [6.07, 6.45) is 0. The molecule has 0 aromatic carbocycles. The molecule has 0 radical (unpaired) electrons. The van der Waals surface area contributed by atoms with Crippen LogP contribution in [0.2, 0.25) is 0 Å². The molecule has 0 aromatic rings. The van der Waals surface area contributed by atoms with Crippen molar-refractivity contribution >= 4 is 5.78 Å². The highest BCUT2D eigenvalue weighted by molar-refractivity contribution is 5.80. The van der Waals surface area contributed by atoms with Gasteiger partial charge in [0.25, 0.3) is 0 Å². The summed E-state index contributed by atoms with van der Waals surface area (Å²) in [7, 11) is 0. The topological polar surface area (TPSA) is 69.1 Å². The highest BCUT2D eigenvalue weighted by Gasteiger charge is 2.39. The number of nitrogens with two attached hydrogens (primary N) is 2. The quantitative estimate of drug-likeness (QED) is 0.718. The van der Waals surface area contributed by atoms with Crippen LogP contribution in [0.1, 0.15) is 41.5 Å². The summed E-state index contributed by atoms with van der Waals surface area (Å²) in [4.78, 5) is 11.5. The van der Waals surface area contributed by atoms with Crippen molar-refractivity contribution in [2.24, 2.45) is 23.3 Å². The molecule has 2 unspecified atom stereocenters. The zero-order valence-electron chi connectivity index (χ0n) is 10.2. The molecule has 0 fully saturated rings. The molecule has 84 valence electrons. The fourth-order valence-corrected chi connectivity index (χ4v) is 1.95. The third-order valence-electron chi connectivity index (χ3n) is 2.91. The monoisotopic (exact) mass is 200 g/mol. The highest BCUT2D eigenvalue weighted by atomic mass is 16.1. The fourth-order valence-electron chi connectivity index (χ4n) is 1.95. The first-order valence-electron chi connectivity index (χ1n) is 5.06. The first-order valence-corrected chi connectivity index (χ1v) is 5.06. The minimum Gasteiger partial charge on any atom is -0.325 e. The third-order valence-corrected chi connectivity index (χ3v) is 2.91. The van der Waals surface area contributed by atoms with Gasteiger partial charge in [-0.15, -0.1) is 0 Å². The molecule has 3 heteroatoms. The second kappa shape index (κ2) is 3.99. The minimum absolute atomic E-state index is 0.0694. The first kappa shape index (κ1) is 13.6. The lowest BCUT2D eigenvalue weighted by Crippen LogP contribution is -2.55. The van der Waals surface area contributed by atoms with Gasteiger partial charge in [0.2, 0.25) is 0 Å². The molecule has 4 N–H and O–H groups in total. The van der Waals surface area contributed by atoms with Crippen LogP contribution in [0.4, 0.5) is 0 Å². The summed E-state index contributed by atoms with van der Waals surface area (Å²) < 4.78 is 0. The number of rotatable bonds is 4. The summed E-state index contributed by atoms with van der Waals surface area (Å²) >= 11 is 0. The average Bonchev–Trinajstić information content (AvgIpc) is 1.79. The maximum atomic E-state index is 11.5. The van der Waals surface area contributed by atoms with Crippen molar-refractivity contribution in [2.45, 2.75) is 52.6 Å². The van der Waals surface area contributed by atoms with Gasteiger partial charge in [-0.25, -0.2) is 0 Å². The number of carbonyl (C=O) groups is 1. The van der Waals surface area contributed by atoms with E-state index in [1.165, 1.54) is 0 Å². The van der Waals surface area contributed by atoms with Crippen LogP contribution in [0.15, 0.2) is 0 Å². The van der Waals surface area contributed by atoms with Gasteiger partial charge in [0, 0.05) is 17.0 Å². The summed E-state index contributed by atoms with van der Waals surface area (Å²) in [6.45, 7) is 11.2. The molecule has 0 heterocycles. The van der Waals surface area contributed by atoms with Gasteiger partial charge < -0.3 is 11.5 Å². The number of hydrogen-bond donors (Lipinski definition) is 2. The van der Waals surface area contributed by atoms with Crippen molar-refractivity contribution in [3.63, 3.8) is 0 Å². The van der Waals surface area contributed by atoms with E-state index in [1.54, 1.807) is 6.92 Å². The Kier molecular flexibility index (Phi) is 3.87. The fraction of sp³-hybridized carbons (Fsp3) is 0.909. The summed E-state index contributed by atoms with van der Waals surface area (Å²) in [5.41, 5.74) is 11.1. The van der Waals surface area contributed by atoms with Crippen molar-refractivity contribution in [1.29, 1.82) is 0 Å². The molecule has 0 aromatic heterocycles. The van der Waals surface area contributed by atoms with Crippen LogP contribution in [0.5, 0.6) is 0 Å². The normalized spacial score (nSPS) is 17.7. The Labute approximate surface area is 87.2 Å². The highest BCUT2D eigenvalue weighted by Crippen LogP contribution is 2.30. The van der Waals surface area contributed by atoms with E-state index in [4.69, 9.17) is 11.5 Å². The molecule has 3 nitrogen and oxygen atoms in total. The minimum atomic E-state index is -0.512. The van der Waals surface area contributed by atoms with Gasteiger partial charge >= 0.3 is 0 Å². The predicted molar refractivity (Wildman–Crippen MR) is 59.9 cm³/mol. The van der Waals surface area contributed by atoms with Gasteiger partial charge in [-0.2, -0.15) is 0 Å². The molecular weight excluding hydrogens is 176 g/mol. The third kappa shape index (κ3) is 3.39. The Balaban J connectivity index is 4.96. The first-order chi connectivity index (χ1) is 5.98. The molecule has 0 saturated heterocycles. The van der Waals surface area contributed by atoms with Crippen molar-refractivity contribution in [3.8, 4) is 0 Å². The van der Waals surface area contributed by atoms with Crippen LogP contribution in [-0.4, -0.2) is 16.9 Å². The van der Waals surface area contributed by atoms with E-state index < -0.39 is 5.54 Å². The smallest absolute Gasteiger partial charge is 0.135 e. The molecule has 0 bridgehead atoms. The van der Waals surface area contributed by atoms with Crippen LogP contribution in [-0.2, 0) is 4.79 Å². The molecular formula is C11H24N2O. The van der Waals surface area contributed by atoms with Gasteiger partial charge in [-0.3, -0.25) is 4.79 Å². The molecule has 14 heavy (non-hydrogen) atoms. The van der Waals surface area contributed by atoms with Crippen molar-refractivity contribution in [2.75, 3.05) is 0 Å². The van der Waals surface area contributed by atoms with Crippen LogP contribution in [0, 0.1) is 11.8 Å². The van der Waals surface area contributed by atoms with Crippen LogP contribution >= 0.6 is 0 Å². The van der Waals surface area contributed by atoms with E-state index >= 15 is 0 Å². The van der Waals surface area contributed by atoms with E-state index in [0.29, 0.717) is 0 Å². The van der Waals surface area contributed by atoms with Gasteiger partial charge in [-0.05, 0) is 40.5 Å². The van der Waals surface area contributed by atoms with E-state index in [2.05, 4.69) is 0 Å². The molecule has 0 saturated carbocycles. The lowest BCUT2D eigenvalue weighted by Gasteiger charge is -2.39. The van der Waals surface area contributed by atoms with Gasteiger partial charge in [-0.1, -0.05) is 6.92 Å². The van der Waals surface area contributed by atoms with Crippen LogP contribution in [0.3, 0.4) is 0 Å². The van der Waals surface area contributed by atoms with E-state index in [9.17, 15) is 4.79 Å². The second-order valence-corrected chi connectivity index (χ2v) is 5.52. The molecule has 2 atom stereocenters. The molecule has 0 aliphatic heterocycles. The lowest BCUT2D eigenvalue weighted by molar-refractivity contribution is -0.125. The SMILES string of the molecule is CC(=O)C(C(C)C(C)(C)N)C(C)(C)N. The largest absolute Gasteiger partial charge is 0.325 e. The van der Waals surface area contributed by atoms with Crippen LogP contribution < -0.4 is 11.5 Å². The molecule has 0 spiro atoms. The van der Waals surface area contributed by atoms with Crippen molar-refractivity contribution < 1.29 is 4.79 Å². The van der Waals surface area contributed by atoms with Gasteiger partial charge in [0.1, 0.15) is 5.78 Å². The average molecular weight is 200 g/mol. The number of carbonyl (C=O) groups excluding carboxylic acids is 1. The molecule has 0 aliphatic rings. The Morgan fingerprint density at radius 2 is 1.43 bits per heavy atom. The zero-order chi connectivity index (χ0) is 11.7. The summed E-state index contributed by atoms with van der Waals surface area (Å²) in [6, 6.07) is 0. The molecule has 0 aliphatic carbocycles. The molecule has 0 amide bonds. The zero-order valence-corrected chi connectivity index (χ0v) is 10.2.